The quantitative estimate of drug-likeness (QED) is 0.494. The molecule has 0 saturated heterocycles. The third-order valence-electron chi connectivity index (χ3n) is 6.99. The van der Waals surface area contributed by atoms with E-state index in [-0.39, 0.29) is 11.7 Å². The average molecular weight is 492 g/mol. The summed E-state index contributed by atoms with van der Waals surface area (Å²) < 4.78 is 31.9. The molecule has 3 aromatic rings. The van der Waals surface area contributed by atoms with Crippen molar-refractivity contribution in [1.29, 1.82) is 0 Å². The fourth-order valence-electron chi connectivity index (χ4n) is 5.12. The van der Waals surface area contributed by atoms with Crippen LogP contribution in [-0.2, 0) is 12.8 Å². The molecule has 1 aromatic heterocycles. The number of carbonyl (C=O) groups excluding carboxylic acids is 1. The van der Waals surface area contributed by atoms with Gasteiger partial charge in [-0.2, -0.15) is 5.10 Å². The SMILES string of the molecule is COc1cc(OC)c(C2=CCN(C(=O)c3nn(-c4ccc(F)cc4)c4c3CCCC4)CC2)c(OC)c1. The maximum atomic E-state index is 13.6. The number of benzene rings is 2. The summed E-state index contributed by atoms with van der Waals surface area (Å²) >= 11 is 0. The Morgan fingerprint density at radius 3 is 2.25 bits per heavy atom. The second-order valence-electron chi connectivity index (χ2n) is 9.01. The minimum absolute atomic E-state index is 0.0713. The number of hydrogen-bond donors (Lipinski definition) is 0. The Morgan fingerprint density at radius 1 is 0.944 bits per heavy atom. The minimum Gasteiger partial charge on any atom is -0.496 e. The van der Waals surface area contributed by atoms with E-state index in [0.717, 1.165) is 53.8 Å². The highest BCUT2D eigenvalue weighted by molar-refractivity contribution is 5.95. The van der Waals surface area contributed by atoms with E-state index < -0.39 is 0 Å². The summed E-state index contributed by atoms with van der Waals surface area (Å²) in [7, 11) is 4.85. The molecule has 0 N–H and O–H groups in total. The first kappa shape index (κ1) is 23.9. The third kappa shape index (κ3) is 4.32. The lowest BCUT2D eigenvalue weighted by atomic mass is 9.94. The molecule has 0 unspecified atom stereocenters. The normalized spacial score (nSPS) is 15.2. The van der Waals surface area contributed by atoms with Gasteiger partial charge in [-0.25, -0.2) is 9.07 Å². The van der Waals surface area contributed by atoms with Crippen molar-refractivity contribution in [2.45, 2.75) is 32.1 Å². The summed E-state index contributed by atoms with van der Waals surface area (Å²) in [6, 6.07) is 9.93. The molecule has 5 rings (SSSR count). The van der Waals surface area contributed by atoms with Gasteiger partial charge >= 0.3 is 0 Å². The maximum Gasteiger partial charge on any atom is 0.274 e. The van der Waals surface area contributed by atoms with Gasteiger partial charge in [0.2, 0.25) is 0 Å². The third-order valence-corrected chi connectivity index (χ3v) is 6.99. The van der Waals surface area contributed by atoms with E-state index in [2.05, 4.69) is 6.08 Å². The van der Waals surface area contributed by atoms with E-state index in [1.165, 1.54) is 12.1 Å². The highest BCUT2D eigenvalue weighted by Gasteiger charge is 2.30. The van der Waals surface area contributed by atoms with Crippen molar-refractivity contribution in [1.82, 2.24) is 14.7 Å². The van der Waals surface area contributed by atoms with Gasteiger partial charge in [0.25, 0.3) is 5.91 Å². The summed E-state index contributed by atoms with van der Waals surface area (Å²) in [5, 5.41) is 4.75. The first-order valence-electron chi connectivity index (χ1n) is 12.2. The van der Waals surface area contributed by atoms with Crippen molar-refractivity contribution < 1.29 is 23.4 Å². The van der Waals surface area contributed by atoms with Crippen LogP contribution in [0.15, 0.2) is 42.5 Å². The Labute approximate surface area is 210 Å². The molecule has 2 heterocycles. The number of aromatic nitrogens is 2. The smallest absolute Gasteiger partial charge is 0.274 e. The molecule has 7 nitrogen and oxygen atoms in total. The molecule has 0 fully saturated rings. The van der Waals surface area contributed by atoms with Crippen molar-refractivity contribution in [2.75, 3.05) is 34.4 Å². The summed E-state index contributed by atoms with van der Waals surface area (Å²) in [6.45, 7) is 1.02. The van der Waals surface area contributed by atoms with Crippen molar-refractivity contribution in [3.8, 4) is 22.9 Å². The van der Waals surface area contributed by atoms with Crippen molar-refractivity contribution in [3.63, 3.8) is 0 Å². The number of nitrogens with zero attached hydrogens (tertiary/aromatic N) is 3. The fourth-order valence-corrected chi connectivity index (χ4v) is 5.12. The Hall–Kier alpha value is -3.81. The molecular formula is C28H30FN3O4. The zero-order valence-electron chi connectivity index (χ0n) is 20.8. The second kappa shape index (κ2) is 10.0. The van der Waals surface area contributed by atoms with Crippen LogP contribution >= 0.6 is 0 Å². The molecular weight excluding hydrogens is 461 g/mol. The summed E-state index contributed by atoms with van der Waals surface area (Å²) in [4.78, 5) is 15.5. The maximum absolute atomic E-state index is 13.6. The summed E-state index contributed by atoms with van der Waals surface area (Å²) in [6.07, 6.45) is 6.47. The Kier molecular flexibility index (Phi) is 6.67. The highest BCUT2D eigenvalue weighted by atomic mass is 19.1. The monoisotopic (exact) mass is 491 g/mol. The number of fused-ring (bicyclic) bond motifs is 1. The highest BCUT2D eigenvalue weighted by Crippen LogP contribution is 2.41. The van der Waals surface area contributed by atoms with E-state index in [1.807, 2.05) is 21.7 Å². The fraction of sp³-hybridized carbons (Fsp3) is 0.357. The van der Waals surface area contributed by atoms with Crippen molar-refractivity contribution >= 4 is 11.5 Å². The Morgan fingerprint density at radius 2 is 1.64 bits per heavy atom. The van der Waals surface area contributed by atoms with Crippen LogP contribution in [0.3, 0.4) is 0 Å². The molecule has 2 aliphatic rings. The van der Waals surface area contributed by atoms with Gasteiger partial charge in [-0.3, -0.25) is 4.79 Å². The number of methoxy groups -OCH3 is 3. The van der Waals surface area contributed by atoms with Crippen LogP contribution in [0.1, 0.15) is 46.6 Å². The lowest BCUT2D eigenvalue weighted by Crippen LogP contribution is -2.35. The molecule has 1 aliphatic carbocycles. The zero-order chi connectivity index (χ0) is 25.2. The van der Waals surface area contributed by atoms with Crippen LogP contribution in [0.5, 0.6) is 17.2 Å². The van der Waals surface area contributed by atoms with Gasteiger partial charge in [-0.15, -0.1) is 0 Å². The number of rotatable bonds is 6. The minimum atomic E-state index is -0.294. The molecule has 188 valence electrons. The topological polar surface area (TPSA) is 65.8 Å². The van der Waals surface area contributed by atoms with E-state index in [9.17, 15) is 9.18 Å². The van der Waals surface area contributed by atoms with E-state index in [1.54, 1.807) is 33.5 Å². The standard InChI is InChI=1S/C28H30FN3O4/c1-34-21-16-24(35-2)26(25(17-21)36-3)18-12-14-31(15-13-18)28(33)27-22-6-4-5-7-23(22)32(30-27)20-10-8-19(29)9-11-20/h8-12,16-17H,4-7,13-15H2,1-3H3. The van der Waals surface area contributed by atoms with Crippen molar-refractivity contribution in [2.24, 2.45) is 0 Å². The summed E-state index contributed by atoms with van der Waals surface area (Å²) in [5.41, 5.74) is 5.29. The van der Waals surface area contributed by atoms with Crippen LogP contribution < -0.4 is 14.2 Å². The van der Waals surface area contributed by atoms with Gasteiger partial charge in [0, 0.05) is 36.5 Å². The Balaban J connectivity index is 1.44. The number of ether oxygens (including phenoxy) is 3. The van der Waals surface area contributed by atoms with Crippen LogP contribution in [0.4, 0.5) is 4.39 Å². The molecule has 1 aliphatic heterocycles. The van der Waals surface area contributed by atoms with Crippen LogP contribution in [0.2, 0.25) is 0 Å². The number of amides is 1. The number of carbonyl (C=O) groups is 1. The molecule has 1 amide bonds. The molecule has 2 aromatic carbocycles. The van der Waals surface area contributed by atoms with Gasteiger partial charge in [0.15, 0.2) is 5.69 Å². The van der Waals surface area contributed by atoms with Gasteiger partial charge in [-0.1, -0.05) is 6.08 Å². The van der Waals surface area contributed by atoms with Gasteiger partial charge < -0.3 is 19.1 Å². The lowest BCUT2D eigenvalue weighted by Gasteiger charge is -2.28. The predicted octanol–water partition coefficient (Wildman–Crippen LogP) is 4.85. The van der Waals surface area contributed by atoms with E-state index in [0.29, 0.717) is 42.5 Å². The molecule has 8 heteroatoms. The molecule has 36 heavy (non-hydrogen) atoms. The van der Waals surface area contributed by atoms with E-state index in [4.69, 9.17) is 19.3 Å². The van der Waals surface area contributed by atoms with E-state index >= 15 is 0 Å². The molecule has 0 bridgehead atoms. The first-order chi connectivity index (χ1) is 17.5. The molecule has 0 spiro atoms. The molecule has 0 radical (unpaired) electrons. The van der Waals surface area contributed by atoms with Crippen LogP contribution in [0, 0.1) is 5.82 Å². The average Bonchev–Trinajstić information content (AvgIpc) is 3.32. The van der Waals surface area contributed by atoms with Gasteiger partial charge in [0.05, 0.1) is 32.6 Å². The number of halogens is 1. The second-order valence-corrected chi connectivity index (χ2v) is 9.01. The van der Waals surface area contributed by atoms with Crippen molar-refractivity contribution in [3.05, 3.63) is 70.8 Å². The molecule has 0 atom stereocenters. The largest absolute Gasteiger partial charge is 0.496 e. The predicted molar refractivity (Wildman–Crippen MR) is 135 cm³/mol. The van der Waals surface area contributed by atoms with Crippen LogP contribution in [0.25, 0.3) is 11.3 Å². The van der Waals surface area contributed by atoms with Crippen LogP contribution in [-0.4, -0.2) is 55.0 Å². The molecule has 0 saturated carbocycles. The first-order valence-corrected chi connectivity index (χ1v) is 12.2. The van der Waals surface area contributed by atoms with Gasteiger partial charge in [-0.05, 0) is 61.9 Å². The number of hydrogen-bond acceptors (Lipinski definition) is 5. The van der Waals surface area contributed by atoms with Gasteiger partial charge in [0.1, 0.15) is 23.1 Å². The zero-order valence-corrected chi connectivity index (χ0v) is 20.8. The Bertz CT molecular complexity index is 1290. The summed E-state index contributed by atoms with van der Waals surface area (Å²) in [5.74, 6) is 1.63. The lowest BCUT2D eigenvalue weighted by molar-refractivity contribution is 0.0765.